The van der Waals surface area contributed by atoms with E-state index in [-0.39, 0.29) is 11.1 Å². The topological polar surface area (TPSA) is 108 Å². The average Bonchev–Trinajstić information content (AvgIpc) is 2.26. The Labute approximate surface area is 94.8 Å². The van der Waals surface area contributed by atoms with Gasteiger partial charge in [-0.05, 0) is 12.1 Å². The van der Waals surface area contributed by atoms with Crippen molar-refractivity contribution >= 4 is 22.8 Å². The van der Waals surface area contributed by atoms with Gasteiger partial charge >= 0.3 is 11.9 Å². The van der Waals surface area contributed by atoms with Crippen LogP contribution in [0.2, 0.25) is 0 Å². The molecule has 6 heteroatoms. The molecule has 0 fully saturated rings. The first-order valence-electron chi connectivity index (χ1n) is 4.60. The Kier molecular flexibility index (Phi) is 2.40. The van der Waals surface area contributed by atoms with E-state index in [9.17, 15) is 14.7 Å². The number of benzene rings is 1. The molecule has 0 amide bonds. The number of hydrogen-bond acceptors (Lipinski definition) is 4. The molecular formula is C11H7NO5. The molecule has 0 bridgehead atoms. The molecule has 0 aliphatic rings. The van der Waals surface area contributed by atoms with E-state index in [4.69, 9.17) is 10.2 Å². The van der Waals surface area contributed by atoms with Crippen molar-refractivity contribution in [2.75, 3.05) is 0 Å². The fraction of sp³-hybridized carbons (Fsp3) is 0. The SMILES string of the molecule is O=C(O)c1nc2c(C(=O)O)cccc2cc1O. The second-order valence-electron chi connectivity index (χ2n) is 3.34. The van der Waals surface area contributed by atoms with E-state index in [0.717, 1.165) is 0 Å². The predicted molar refractivity (Wildman–Crippen MR) is 57.3 cm³/mol. The molecule has 0 spiro atoms. The molecule has 0 saturated heterocycles. The van der Waals surface area contributed by atoms with Crippen LogP contribution in [-0.4, -0.2) is 32.2 Å². The molecule has 0 aliphatic heterocycles. The van der Waals surface area contributed by atoms with Gasteiger partial charge in [0.15, 0.2) is 5.69 Å². The van der Waals surface area contributed by atoms with E-state index in [0.29, 0.717) is 5.39 Å². The summed E-state index contributed by atoms with van der Waals surface area (Å²) in [5.74, 6) is -3.11. The summed E-state index contributed by atoms with van der Waals surface area (Å²) in [5.41, 5.74) is -0.633. The van der Waals surface area contributed by atoms with Crippen LogP contribution >= 0.6 is 0 Å². The summed E-state index contributed by atoms with van der Waals surface area (Å²) < 4.78 is 0. The maximum absolute atomic E-state index is 10.9. The molecule has 1 heterocycles. The zero-order chi connectivity index (χ0) is 12.6. The second-order valence-corrected chi connectivity index (χ2v) is 3.34. The summed E-state index contributed by atoms with van der Waals surface area (Å²) in [7, 11) is 0. The van der Waals surface area contributed by atoms with Crippen LogP contribution in [0.5, 0.6) is 5.75 Å². The van der Waals surface area contributed by atoms with E-state index in [2.05, 4.69) is 4.98 Å². The molecule has 2 rings (SSSR count). The minimum atomic E-state index is -1.41. The van der Waals surface area contributed by atoms with Gasteiger partial charge in [-0.25, -0.2) is 14.6 Å². The monoisotopic (exact) mass is 233 g/mol. The van der Waals surface area contributed by atoms with Gasteiger partial charge in [0.2, 0.25) is 0 Å². The van der Waals surface area contributed by atoms with E-state index < -0.39 is 23.4 Å². The Morgan fingerprint density at radius 3 is 2.41 bits per heavy atom. The van der Waals surface area contributed by atoms with Crippen LogP contribution < -0.4 is 0 Å². The van der Waals surface area contributed by atoms with Crippen molar-refractivity contribution in [1.29, 1.82) is 0 Å². The van der Waals surface area contributed by atoms with Gasteiger partial charge in [-0.1, -0.05) is 12.1 Å². The van der Waals surface area contributed by atoms with Crippen LogP contribution in [0.1, 0.15) is 20.8 Å². The van der Waals surface area contributed by atoms with Crippen molar-refractivity contribution in [3.63, 3.8) is 0 Å². The maximum Gasteiger partial charge on any atom is 0.358 e. The number of nitrogens with zero attached hydrogens (tertiary/aromatic N) is 1. The van der Waals surface area contributed by atoms with Gasteiger partial charge < -0.3 is 15.3 Å². The zero-order valence-corrected chi connectivity index (χ0v) is 8.41. The van der Waals surface area contributed by atoms with Crippen molar-refractivity contribution in [2.24, 2.45) is 0 Å². The summed E-state index contributed by atoms with van der Waals surface area (Å²) in [5, 5.41) is 27.5. The van der Waals surface area contributed by atoms with Gasteiger partial charge in [0.05, 0.1) is 11.1 Å². The van der Waals surface area contributed by atoms with Crippen molar-refractivity contribution in [2.45, 2.75) is 0 Å². The summed E-state index contributed by atoms with van der Waals surface area (Å²) in [4.78, 5) is 25.4. The Morgan fingerprint density at radius 2 is 1.82 bits per heavy atom. The van der Waals surface area contributed by atoms with Crippen molar-refractivity contribution in [3.05, 3.63) is 35.5 Å². The largest absolute Gasteiger partial charge is 0.505 e. The fourth-order valence-electron chi connectivity index (χ4n) is 1.52. The number of carbonyl (C=O) groups is 2. The number of carboxylic acids is 2. The molecule has 0 saturated carbocycles. The van der Waals surface area contributed by atoms with Gasteiger partial charge in [-0.3, -0.25) is 0 Å². The molecule has 6 nitrogen and oxygen atoms in total. The smallest absolute Gasteiger partial charge is 0.358 e. The lowest BCUT2D eigenvalue weighted by atomic mass is 10.1. The van der Waals surface area contributed by atoms with Crippen molar-refractivity contribution in [3.8, 4) is 5.75 Å². The molecule has 2 aromatic rings. The van der Waals surface area contributed by atoms with Gasteiger partial charge in [-0.15, -0.1) is 0 Å². The number of para-hydroxylation sites is 1. The minimum Gasteiger partial charge on any atom is -0.505 e. The molecule has 86 valence electrons. The highest BCUT2D eigenvalue weighted by Crippen LogP contribution is 2.24. The van der Waals surface area contributed by atoms with E-state index in [1.807, 2.05) is 0 Å². The Hall–Kier alpha value is -2.63. The quantitative estimate of drug-likeness (QED) is 0.722. The van der Waals surface area contributed by atoms with E-state index >= 15 is 0 Å². The summed E-state index contributed by atoms with van der Waals surface area (Å²) in [6.45, 7) is 0. The third-order valence-electron chi connectivity index (χ3n) is 2.26. The number of rotatable bonds is 2. The number of pyridine rings is 1. The molecular weight excluding hydrogens is 226 g/mol. The molecule has 17 heavy (non-hydrogen) atoms. The van der Waals surface area contributed by atoms with E-state index in [1.54, 1.807) is 6.07 Å². The summed E-state index contributed by atoms with van der Waals surface area (Å²) >= 11 is 0. The Balaban J connectivity index is 2.85. The van der Waals surface area contributed by atoms with Gasteiger partial charge in [0, 0.05) is 5.39 Å². The molecule has 0 radical (unpaired) electrons. The first kappa shape index (κ1) is 10.9. The number of aromatic carboxylic acids is 2. The first-order chi connectivity index (χ1) is 8.00. The number of aromatic hydroxyl groups is 1. The lowest BCUT2D eigenvalue weighted by Gasteiger charge is -2.04. The Morgan fingerprint density at radius 1 is 1.12 bits per heavy atom. The van der Waals surface area contributed by atoms with Crippen molar-refractivity contribution in [1.82, 2.24) is 4.98 Å². The first-order valence-corrected chi connectivity index (χ1v) is 4.60. The van der Waals surface area contributed by atoms with Crippen LogP contribution in [0.15, 0.2) is 24.3 Å². The Bertz CT molecular complexity index is 635. The molecule has 3 N–H and O–H groups in total. The summed E-state index contributed by atoms with van der Waals surface area (Å²) in [6, 6.07) is 5.53. The highest BCUT2D eigenvalue weighted by atomic mass is 16.4. The molecule has 1 aromatic carbocycles. The van der Waals surface area contributed by atoms with Crippen LogP contribution in [-0.2, 0) is 0 Å². The van der Waals surface area contributed by atoms with E-state index in [1.165, 1.54) is 18.2 Å². The lowest BCUT2D eigenvalue weighted by molar-refractivity contribution is 0.0677. The number of carboxylic acid groups (broad SMARTS) is 2. The normalized spacial score (nSPS) is 10.4. The van der Waals surface area contributed by atoms with Gasteiger partial charge in [0.25, 0.3) is 0 Å². The van der Waals surface area contributed by atoms with Crippen LogP contribution in [0.25, 0.3) is 10.9 Å². The van der Waals surface area contributed by atoms with Crippen LogP contribution in [0.3, 0.4) is 0 Å². The van der Waals surface area contributed by atoms with Crippen LogP contribution in [0.4, 0.5) is 0 Å². The highest BCUT2D eigenvalue weighted by molar-refractivity contribution is 6.03. The molecule has 1 aromatic heterocycles. The molecule has 0 unspecified atom stereocenters. The molecule has 0 atom stereocenters. The third kappa shape index (κ3) is 1.76. The zero-order valence-electron chi connectivity index (χ0n) is 8.41. The standard InChI is InChI=1S/C11H7NO5/c13-7-4-5-2-1-3-6(10(14)15)8(5)12-9(7)11(16)17/h1-4,13H,(H,14,15)(H,16,17). The van der Waals surface area contributed by atoms with Crippen LogP contribution in [0, 0.1) is 0 Å². The summed E-state index contributed by atoms with van der Waals surface area (Å²) in [6.07, 6.45) is 0. The number of fused-ring (bicyclic) bond motifs is 1. The number of hydrogen-bond donors (Lipinski definition) is 3. The number of aromatic nitrogens is 1. The maximum atomic E-state index is 10.9. The minimum absolute atomic E-state index is 0.0372. The molecule has 0 aliphatic carbocycles. The highest BCUT2D eigenvalue weighted by Gasteiger charge is 2.16. The fourth-order valence-corrected chi connectivity index (χ4v) is 1.52. The van der Waals surface area contributed by atoms with Crippen molar-refractivity contribution < 1.29 is 24.9 Å². The average molecular weight is 233 g/mol. The second kappa shape index (κ2) is 3.75. The lowest BCUT2D eigenvalue weighted by Crippen LogP contribution is -2.04. The van der Waals surface area contributed by atoms with Gasteiger partial charge in [0.1, 0.15) is 5.75 Å². The van der Waals surface area contributed by atoms with Gasteiger partial charge in [-0.2, -0.15) is 0 Å². The third-order valence-corrected chi connectivity index (χ3v) is 2.26. The predicted octanol–water partition coefficient (Wildman–Crippen LogP) is 1.34.